The molecule has 1 fully saturated rings. The molecule has 1 saturated carbocycles. The minimum Gasteiger partial charge on any atom is -0.497 e. The highest BCUT2D eigenvalue weighted by atomic mass is 19.1. The van der Waals surface area contributed by atoms with Crippen molar-refractivity contribution in [1.82, 2.24) is 10.6 Å². The van der Waals surface area contributed by atoms with Crippen molar-refractivity contribution in [3.05, 3.63) is 53.8 Å². The zero-order valence-corrected chi connectivity index (χ0v) is 15.9. The molecular weight excluding hydrogens is 343 g/mol. The van der Waals surface area contributed by atoms with Crippen LogP contribution in [0.1, 0.15) is 31.2 Å². The molecule has 2 aromatic carbocycles. The van der Waals surface area contributed by atoms with Crippen LogP contribution in [0.5, 0.6) is 5.75 Å². The molecule has 5 heteroatoms. The van der Waals surface area contributed by atoms with E-state index in [1.165, 1.54) is 6.07 Å². The fourth-order valence-electron chi connectivity index (χ4n) is 3.64. The third kappa shape index (κ3) is 4.86. The van der Waals surface area contributed by atoms with Crippen LogP contribution in [-0.2, 0) is 11.3 Å². The maximum Gasteiger partial charge on any atom is 0.223 e. The number of carbonyl (C=O) groups excluding carboxylic acids is 1. The fourth-order valence-corrected chi connectivity index (χ4v) is 3.64. The SMILES string of the molecule is CNC1CCC(C(=O)NCc2cc(-c3ccc(OC)cc3)ccc2F)CC1. The summed E-state index contributed by atoms with van der Waals surface area (Å²) in [6, 6.07) is 13.1. The van der Waals surface area contributed by atoms with Crippen LogP contribution in [-0.4, -0.2) is 26.1 Å². The van der Waals surface area contributed by atoms with E-state index in [1.54, 1.807) is 19.2 Å². The Morgan fingerprint density at radius 1 is 1.07 bits per heavy atom. The summed E-state index contributed by atoms with van der Waals surface area (Å²) in [6.45, 7) is 0.209. The van der Waals surface area contributed by atoms with Crippen molar-refractivity contribution in [3.8, 4) is 16.9 Å². The summed E-state index contributed by atoms with van der Waals surface area (Å²) in [6.07, 6.45) is 3.78. The lowest BCUT2D eigenvalue weighted by Gasteiger charge is -2.27. The lowest BCUT2D eigenvalue weighted by atomic mass is 9.85. The molecule has 2 aromatic rings. The van der Waals surface area contributed by atoms with Crippen molar-refractivity contribution < 1.29 is 13.9 Å². The molecule has 2 N–H and O–H groups in total. The Hall–Kier alpha value is -2.40. The number of amides is 1. The van der Waals surface area contributed by atoms with E-state index >= 15 is 0 Å². The number of hydrogen-bond acceptors (Lipinski definition) is 3. The predicted octanol–water partition coefficient (Wildman–Crippen LogP) is 3.90. The second-order valence-corrected chi connectivity index (χ2v) is 7.09. The van der Waals surface area contributed by atoms with Gasteiger partial charge in [0.15, 0.2) is 0 Å². The van der Waals surface area contributed by atoms with Crippen molar-refractivity contribution >= 4 is 5.91 Å². The van der Waals surface area contributed by atoms with Gasteiger partial charge in [-0.1, -0.05) is 18.2 Å². The first-order chi connectivity index (χ1) is 13.1. The lowest BCUT2D eigenvalue weighted by Crippen LogP contribution is -2.37. The Morgan fingerprint density at radius 3 is 2.37 bits per heavy atom. The molecule has 27 heavy (non-hydrogen) atoms. The van der Waals surface area contributed by atoms with Gasteiger partial charge in [-0.15, -0.1) is 0 Å². The third-order valence-electron chi connectivity index (χ3n) is 5.43. The van der Waals surface area contributed by atoms with E-state index < -0.39 is 0 Å². The molecule has 0 bridgehead atoms. The molecular formula is C22H27FN2O2. The van der Waals surface area contributed by atoms with E-state index in [0.717, 1.165) is 42.6 Å². The molecule has 0 heterocycles. The smallest absolute Gasteiger partial charge is 0.223 e. The molecule has 1 aliphatic rings. The van der Waals surface area contributed by atoms with Crippen LogP contribution in [0.25, 0.3) is 11.1 Å². The van der Waals surface area contributed by atoms with E-state index in [2.05, 4.69) is 10.6 Å². The van der Waals surface area contributed by atoms with E-state index in [-0.39, 0.29) is 24.2 Å². The first-order valence-electron chi connectivity index (χ1n) is 9.48. The summed E-state index contributed by atoms with van der Waals surface area (Å²) in [5, 5.41) is 6.19. The minimum atomic E-state index is -0.300. The Morgan fingerprint density at radius 2 is 1.74 bits per heavy atom. The zero-order valence-electron chi connectivity index (χ0n) is 15.9. The number of carbonyl (C=O) groups is 1. The quantitative estimate of drug-likeness (QED) is 0.811. The van der Waals surface area contributed by atoms with Crippen molar-refractivity contribution in [2.24, 2.45) is 5.92 Å². The van der Waals surface area contributed by atoms with E-state index in [4.69, 9.17) is 4.74 Å². The fraction of sp³-hybridized carbons (Fsp3) is 0.409. The highest BCUT2D eigenvalue weighted by molar-refractivity contribution is 5.78. The molecule has 0 atom stereocenters. The maximum atomic E-state index is 14.2. The molecule has 0 radical (unpaired) electrons. The van der Waals surface area contributed by atoms with Gasteiger partial charge >= 0.3 is 0 Å². The van der Waals surface area contributed by atoms with Crippen LogP contribution in [0.2, 0.25) is 0 Å². The zero-order chi connectivity index (χ0) is 19.2. The summed E-state index contributed by atoms with van der Waals surface area (Å²) in [4.78, 5) is 12.4. The highest BCUT2D eigenvalue weighted by Gasteiger charge is 2.25. The van der Waals surface area contributed by atoms with Crippen LogP contribution in [0, 0.1) is 11.7 Å². The number of hydrogen-bond donors (Lipinski definition) is 2. The van der Waals surface area contributed by atoms with Crippen LogP contribution in [0.3, 0.4) is 0 Å². The normalized spacial score (nSPS) is 19.5. The number of nitrogens with one attached hydrogen (secondary N) is 2. The van der Waals surface area contributed by atoms with Crippen LogP contribution < -0.4 is 15.4 Å². The summed E-state index contributed by atoms with van der Waals surface area (Å²) in [5.41, 5.74) is 2.40. The summed E-state index contributed by atoms with van der Waals surface area (Å²) >= 11 is 0. The van der Waals surface area contributed by atoms with Crippen molar-refractivity contribution in [1.29, 1.82) is 0 Å². The summed E-state index contributed by atoms with van der Waals surface area (Å²) in [5.74, 6) is 0.536. The van der Waals surface area contributed by atoms with Gasteiger partial charge in [-0.3, -0.25) is 4.79 Å². The monoisotopic (exact) mass is 370 g/mol. The number of ether oxygens (including phenoxy) is 1. The average Bonchev–Trinajstić information content (AvgIpc) is 2.73. The molecule has 4 nitrogen and oxygen atoms in total. The van der Waals surface area contributed by atoms with Crippen molar-refractivity contribution in [2.75, 3.05) is 14.2 Å². The largest absolute Gasteiger partial charge is 0.497 e. The standard InChI is InChI=1S/C22H27FN2O2/c1-24-19-8-3-16(4-9-19)22(26)25-14-18-13-17(7-12-21(18)23)15-5-10-20(27-2)11-6-15/h5-7,10-13,16,19,24H,3-4,8-9,14H2,1-2H3,(H,25,26). The molecule has 0 spiro atoms. The third-order valence-corrected chi connectivity index (χ3v) is 5.43. The van der Waals surface area contributed by atoms with Crippen molar-refractivity contribution in [3.63, 3.8) is 0 Å². The molecule has 3 rings (SSSR count). The number of rotatable bonds is 6. The predicted molar refractivity (Wildman–Crippen MR) is 105 cm³/mol. The van der Waals surface area contributed by atoms with E-state index in [0.29, 0.717) is 11.6 Å². The van der Waals surface area contributed by atoms with Crippen LogP contribution in [0.4, 0.5) is 4.39 Å². The maximum absolute atomic E-state index is 14.2. The molecule has 1 aliphatic carbocycles. The van der Waals surface area contributed by atoms with Gasteiger partial charge in [0, 0.05) is 24.1 Å². The Bertz CT molecular complexity index is 768. The number of halogens is 1. The van der Waals surface area contributed by atoms with Gasteiger partial charge in [-0.05, 0) is 68.1 Å². The molecule has 0 aliphatic heterocycles. The minimum absolute atomic E-state index is 0.0267. The molecule has 0 saturated heterocycles. The van der Waals surface area contributed by atoms with Crippen molar-refractivity contribution in [2.45, 2.75) is 38.3 Å². The average molecular weight is 370 g/mol. The summed E-state index contributed by atoms with van der Waals surface area (Å²) < 4.78 is 19.4. The first kappa shape index (κ1) is 19.4. The van der Waals surface area contributed by atoms with Gasteiger partial charge in [0.2, 0.25) is 5.91 Å². The summed E-state index contributed by atoms with van der Waals surface area (Å²) in [7, 11) is 3.59. The Kier molecular flexibility index (Phi) is 6.45. The van der Waals surface area contributed by atoms with Gasteiger partial charge < -0.3 is 15.4 Å². The molecule has 0 unspecified atom stereocenters. The number of methoxy groups -OCH3 is 1. The van der Waals surface area contributed by atoms with E-state index in [1.807, 2.05) is 31.3 Å². The van der Waals surface area contributed by atoms with Gasteiger partial charge in [0.05, 0.1) is 7.11 Å². The second-order valence-electron chi connectivity index (χ2n) is 7.09. The topological polar surface area (TPSA) is 50.4 Å². The van der Waals surface area contributed by atoms with Crippen LogP contribution >= 0.6 is 0 Å². The lowest BCUT2D eigenvalue weighted by molar-refractivity contribution is -0.126. The molecule has 144 valence electrons. The van der Waals surface area contributed by atoms with Gasteiger partial charge in [0.25, 0.3) is 0 Å². The van der Waals surface area contributed by atoms with E-state index in [9.17, 15) is 9.18 Å². The number of benzene rings is 2. The van der Waals surface area contributed by atoms with Crippen LogP contribution in [0.15, 0.2) is 42.5 Å². The molecule has 1 amide bonds. The highest BCUT2D eigenvalue weighted by Crippen LogP contribution is 2.26. The van der Waals surface area contributed by atoms with Gasteiger partial charge in [-0.25, -0.2) is 4.39 Å². The second kappa shape index (κ2) is 9.00. The first-order valence-corrected chi connectivity index (χ1v) is 9.48. The van der Waals surface area contributed by atoms with Gasteiger partial charge in [0.1, 0.15) is 11.6 Å². The Balaban J connectivity index is 1.63. The Labute approximate surface area is 160 Å². The molecule has 0 aromatic heterocycles. The van der Waals surface area contributed by atoms with Gasteiger partial charge in [-0.2, -0.15) is 0 Å².